The lowest BCUT2D eigenvalue weighted by Gasteiger charge is -2.11. The first kappa shape index (κ1) is 12.0. The van der Waals surface area contributed by atoms with Gasteiger partial charge in [0.2, 0.25) is 5.95 Å². The molecule has 1 atom stereocenters. The van der Waals surface area contributed by atoms with Crippen LogP contribution in [-0.2, 0) is 0 Å². The van der Waals surface area contributed by atoms with E-state index >= 15 is 0 Å². The Kier molecular flexibility index (Phi) is 3.37. The molecule has 19 heavy (non-hydrogen) atoms. The van der Waals surface area contributed by atoms with Gasteiger partial charge in [-0.15, -0.1) is 0 Å². The average molecular weight is 258 g/mol. The summed E-state index contributed by atoms with van der Waals surface area (Å²) in [7, 11) is 0. The zero-order valence-electron chi connectivity index (χ0n) is 10.4. The number of nitrogens with zero attached hydrogens (tertiary/aromatic N) is 2. The Morgan fingerprint density at radius 1 is 1.21 bits per heavy atom. The molecule has 1 aliphatic rings. The Hall–Kier alpha value is -2.01. The maximum absolute atomic E-state index is 13.6. The minimum atomic E-state index is -0.258. The van der Waals surface area contributed by atoms with Gasteiger partial charge in [0.05, 0.1) is 0 Å². The second-order valence-corrected chi connectivity index (χ2v) is 4.61. The molecule has 98 valence electrons. The Balaban J connectivity index is 1.77. The molecule has 0 amide bonds. The SMILES string of the molecule is Fc1ccccc1-c1cnc(NC2CCNC2)nc1. The van der Waals surface area contributed by atoms with E-state index in [1.165, 1.54) is 6.07 Å². The minimum absolute atomic E-state index is 0.258. The van der Waals surface area contributed by atoms with E-state index in [1.807, 2.05) is 0 Å². The molecule has 1 unspecified atom stereocenters. The summed E-state index contributed by atoms with van der Waals surface area (Å²) in [6, 6.07) is 7.00. The quantitative estimate of drug-likeness (QED) is 0.884. The van der Waals surface area contributed by atoms with E-state index in [4.69, 9.17) is 0 Å². The van der Waals surface area contributed by atoms with Crippen LogP contribution in [0.15, 0.2) is 36.7 Å². The average Bonchev–Trinajstić information content (AvgIpc) is 2.93. The van der Waals surface area contributed by atoms with Crippen molar-refractivity contribution in [2.45, 2.75) is 12.5 Å². The molecule has 1 fully saturated rings. The van der Waals surface area contributed by atoms with Crippen LogP contribution in [0, 0.1) is 5.82 Å². The standard InChI is InChI=1S/C14H15FN4/c15-13-4-2-1-3-12(13)10-7-17-14(18-8-10)19-11-5-6-16-9-11/h1-4,7-8,11,16H,5-6,9H2,(H,17,18,19). The highest BCUT2D eigenvalue weighted by molar-refractivity contribution is 5.62. The fourth-order valence-electron chi connectivity index (χ4n) is 2.20. The van der Waals surface area contributed by atoms with Gasteiger partial charge in [0.1, 0.15) is 5.82 Å². The van der Waals surface area contributed by atoms with E-state index in [2.05, 4.69) is 20.6 Å². The Bertz CT molecular complexity index is 550. The summed E-state index contributed by atoms with van der Waals surface area (Å²) in [5, 5.41) is 6.53. The first-order valence-electron chi connectivity index (χ1n) is 6.37. The van der Waals surface area contributed by atoms with E-state index < -0.39 is 0 Å². The molecule has 4 nitrogen and oxygen atoms in total. The summed E-state index contributed by atoms with van der Waals surface area (Å²) >= 11 is 0. The van der Waals surface area contributed by atoms with Gasteiger partial charge < -0.3 is 10.6 Å². The van der Waals surface area contributed by atoms with E-state index in [0.717, 1.165) is 19.5 Å². The number of aromatic nitrogens is 2. The maximum Gasteiger partial charge on any atom is 0.222 e. The fraction of sp³-hybridized carbons (Fsp3) is 0.286. The summed E-state index contributed by atoms with van der Waals surface area (Å²) in [4.78, 5) is 8.49. The zero-order chi connectivity index (χ0) is 13.1. The lowest BCUT2D eigenvalue weighted by atomic mass is 10.1. The second kappa shape index (κ2) is 5.32. The van der Waals surface area contributed by atoms with Crippen LogP contribution in [0.3, 0.4) is 0 Å². The van der Waals surface area contributed by atoms with Gasteiger partial charge in [-0.1, -0.05) is 18.2 Å². The predicted octanol–water partition coefficient (Wildman–Crippen LogP) is 2.06. The Morgan fingerprint density at radius 3 is 2.68 bits per heavy atom. The molecule has 1 aliphatic heterocycles. The first-order valence-corrected chi connectivity index (χ1v) is 6.37. The molecule has 2 aromatic rings. The highest BCUT2D eigenvalue weighted by atomic mass is 19.1. The zero-order valence-corrected chi connectivity index (χ0v) is 10.4. The number of anilines is 1. The number of hydrogen-bond donors (Lipinski definition) is 2. The highest BCUT2D eigenvalue weighted by Gasteiger charge is 2.15. The molecule has 1 aromatic carbocycles. The van der Waals surface area contributed by atoms with Crippen molar-refractivity contribution in [1.29, 1.82) is 0 Å². The number of halogens is 1. The molecule has 2 heterocycles. The second-order valence-electron chi connectivity index (χ2n) is 4.61. The van der Waals surface area contributed by atoms with Crippen molar-refractivity contribution in [3.63, 3.8) is 0 Å². The normalized spacial score (nSPS) is 18.5. The van der Waals surface area contributed by atoms with Gasteiger partial charge in [-0.3, -0.25) is 0 Å². The highest BCUT2D eigenvalue weighted by Crippen LogP contribution is 2.21. The smallest absolute Gasteiger partial charge is 0.222 e. The van der Waals surface area contributed by atoms with Crippen molar-refractivity contribution in [3.05, 3.63) is 42.5 Å². The molecule has 0 radical (unpaired) electrons. The molecule has 1 aromatic heterocycles. The van der Waals surface area contributed by atoms with Crippen LogP contribution >= 0.6 is 0 Å². The van der Waals surface area contributed by atoms with Gasteiger partial charge in [-0.05, 0) is 19.0 Å². The molecule has 0 saturated carbocycles. The number of hydrogen-bond acceptors (Lipinski definition) is 4. The lowest BCUT2D eigenvalue weighted by Crippen LogP contribution is -2.23. The van der Waals surface area contributed by atoms with Gasteiger partial charge in [0.25, 0.3) is 0 Å². The third-order valence-electron chi connectivity index (χ3n) is 3.23. The summed E-state index contributed by atoms with van der Waals surface area (Å²) in [6.07, 6.45) is 4.37. The molecule has 3 rings (SSSR count). The van der Waals surface area contributed by atoms with Crippen LogP contribution in [-0.4, -0.2) is 29.1 Å². The third kappa shape index (κ3) is 2.71. The van der Waals surface area contributed by atoms with Crippen molar-refractivity contribution < 1.29 is 4.39 Å². The molecular weight excluding hydrogens is 243 g/mol. The van der Waals surface area contributed by atoms with Crippen molar-refractivity contribution in [2.24, 2.45) is 0 Å². The monoisotopic (exact) mass is 258 g/mol. The lowest BCUT2D eigenvalue weighted by molar-refractivity contribution is 0.631. The van der Waals surface area contributed by atoms with E-state index in [9.17, 15) is 4.39 Å². The van der Waals surface area contributed by atoms with Crippen molar-refractivity contribution in [3.8, 4) is 11.1 Å². The molecule has 5 heteroatoms. The molecule has 2 N–H and O–H groups in total. The van der Waals surface area contributed by atoms with Crippen LogP contribution in [0.4, 0.5) is 10.3 Å². The van der Waals surface area contributed by atoms with Crippen LogP contribution in [0.1, 0.15) is 6.42 Å². The van der Waals surface area contributed by atoms with Gasteiger partial charge in [-0.25, -0.2) is 14.4 Å². The topological polar surface area (TPSA) is 49.8 Å². The summed E-state index contributed by atoms with van der Waals surface area (Å²) in [5.41, 5.74) is 1.21. The van der Waals surface area contributed by atoms with E-state index in [-0.39, 0.29) is 5.82 Å². The molecule has 0 bridgehead atoms. The van der Waals surface area contributed by atoms with Crippen molar-refractivity contribution >= 4 is 5.95 Å². The number of benzene rings is 1. The Morgan fingerprint density at radius 2 is 2.00 bits per heavy atom. The van der Waals surface area contributed by atoms with Crippen LogP contribution in [0.25, 0.3) is 11.1 Å². The van der Waals surface area contributed by atoms with Crippen molar-refractivity contribution in [2.75, 3.05) is 18.4 Å². The van der Waals surface area contributed by atoms with Crippen LogP contribution in [0.2, 0.25) is 0 Å². The predicted molar refractivity (Wildman–Crippen MR) is 72.3 cm³/mol. The Labute approximate surface area is 111 Å². The first-order chi connectivity index (χ1) is 9.33. The molecule has 0 spiro atoms. The minimum Gasteiger partial charge on any atom is -0.350 e. The number of rotatable bonds is 3. The fourth-order valence-corrected chi connectivity index (χ4v) is 2.20. The summed E-state index contributed by atoms with van der Waals surface area (Å²) < 4.78 is 13.6. The van der Waals surface area contributed by atoms with Gasteiger partial charge in [0.15, 0.2) is 0 Å². The molecule has 1 saturated heterocycles. The van der Waals surface area contributed by atoms with Crippen molar-refractivity contribution in [1.82, 2.24) is 15.3 Å². The largest absolute Gasteiger partial charge is 0.350 e. The number of nitrogens with one attached hydrogen (secondary N) is 2. The van der Waals surface area contributed by atoms with Gasteiger partial charge in [-0.2, -0.15) is 0 Å². The van der Waals surface area contributed by atoms with Crippen LogP contribution in [0.5, 0.6) is 0 Å². The molecule has 0 aliphatic carbocycles. The third-order valence-corrected chi connectivity index (χ3v) is 3.23. The van der Waals surface area contributed by atoms with Gasteiger partial charge in [0, 0.05) is 36.1 Å². The van der Waals surface area contributed by atoms with Crippen LogP contribution < -0.4 is 10.6 Å². The van der Waals surface area contributed by atoms with E-state index in [0.29, 0.717) is 23.1 Å². The van der Waals surface area contributed by atoms with E-state index in [1.54, 1.807) is 30.6 Å². The maximum atomic E-state index is 13.6. The van der Waals surface area contributed by atoms with Gasteiger partial charge >= 0.3 is 0 Å². The summed E-state index contributed by atoms with van der Waals surface area (Å²) in [5.74, 6) is 0.334. The molecular formula is C14H15FN4. The summed E-state index contributed by atoms with van der Waals surface area (Å²) in [6.45, 7) is 1.95.